The third kappa shape index (κ3) is 3.73. The topological polar surface area (TPSA) is 65.8 Å². The fraction of sp³-hybridized carbons (Fsp3) is 0.294. The Morgan fingerprint density at radius 2 is 1.79 bits per heavy atom. The minimum atomic E-state index is -0.404. The van der Waals surface area contributed by atoms with Gasteiger partial charge < -0.3 is 19.5 Å². The summed E-state index contributed by atoms with van der Waals surface area (Å²) in [5.41, 5.74) is 0.939. The lowest BCUT2D eigenvalue weighted by atomic mass is 10.2. The summed E-state index contributed by atoms with van der Waals surface area (Å²) < 4.78 is 17.9. The number of hydrogen-bond donors (Lipinski definition) is 1. The van der Waals surface area contributed by atoms with Gasteiger partial charge in [-0.25, -0.2) is 4.39 Å². The van der Waals surface area contributed by atoms with Crippen LogP contribution in [-0.4, -0.2) is 49.4 Å². The highest BCUT2D eigenvalue weighted by Crippen LogP contribution is 2.16. The molecule has 0 radical (unpaired) electrons. The van der Waals surface area contributed by atoms with E-state index < -0.39 is 5.91 Å². The molecule has 3 rings (SSSR count). The SMILES string of the molecule is O=C(NCC(=O)N1CCN(c2ccc(F)cc2)CC1)c1ccco1. The molecule has 0 saturated carbocycles. The first-order valence-electron chi connectivity index (χ1n) is 7.73. The molecule has 1 aromatic heterocycles. The van der Waals surface area contributed by atoms with Crippen LogP contribution < -0.4 is 10.2 Å². The summed E-state index contributed by atoms with van der Waals surface area (Å²) in [5.74, 6) is -0.615. The maximum Gasteiger partial charge on any atom is 0.287 e. The fourth-order valence-electron chi connectivity index (χ4n) is 2.63. The first-order chi connectivity index (χ1) is 11.6. The van der Waals surface area contributed by atoms with Crippen molar-refractivity contribution < 1.29 is 18.4 Å². The van der Waals surface area contributed by atoms with Crippen LogP contribution in [0.4, 0.5) is 10.1 Å². The van der Waals surface area contributed by atoms with Crippen LogP contribution in [0.5, 0.6) is 0 Å². The molecule has 2 aromatic rings. The highest BCUT2D eigenvalue weighted by molar-refractivity contribution is 5.94. The van der Waals surface area contributed by atoms with E-state index >= 15 is 0 Å². The molecule has 1 fully saturated rings. The number of halogens is 1. The van der Waals surface area contributed by atoms with Gasteiger partial charge in [0.15, 0.2) is 5.76 Å². The van der Waals surface area contributed by atoms with Gasteiger partial charge in [-0.05, 0) is 36.4 Å². The summed E-state index contributed by atoms with van der Waals surface area (Å²) in [6.45, 7) is 2.41. The van der Waals surface area contributed by atoms with Crippen LogP contribution in [0.25, 0.3) is 0 Å². The molecule has 0 spiro atoms. The van der Waals surface area contributed by atoms with Gasteiger partial charge in [0.05, 0.1) is 12.8 Å². The average Bonchev–Trinajstić information content (AvgIpc) is 3.15. The first-order valence-corrected chi connectivity index (χ1v) is 7.73. The third-order valence-corrected chi connectivity index (χ3v) is 3.97. The minimum Gasteiger partial charge on any atom is -0.459 e. The fourth-order valence-corrected chi connectivity index (χ4v) is 2.63. The summed E-state index contributed by atoms with van der Waals surface area (Å²) in [4.78, 5) is 27.7. The Balaban J connectivity index is 1.46. The summed E-state index contributed by atoms with van der Waals surface area (Å²) in [5, 5.41) is 2.55. The second kappa shape index (κ2) is 7.16. The van der Waals surface area contributed by atoms with E-state index in [0.717, 1.165) is 5.69 Å². The standard InChI is InChI=1S/C17H18FN3O3/c18-13-3-5-14(6-4-13)20-7-9-21(10-8-20)16(22)12-19-17(23)15-2-1-11-24-15/h1-6,11H,7-10,12H2,(H,19,23). The van der Waals surface area contributed by atoms with Crippen molar-refractivity contribution in [2.45, 2.75) is 0 Å². The maximum absolute atomic E-state index is 13.0. The number of amides is 2. The van der Waals surface area contributed by atoms with Crippen LogP contribution in [-0.2, 0) is 4.79 Å². The Morgan fingerprint density at radius 3 is 2.42 bits per heavy atom. The quantitative estimate of drug-likeness (QED) is 0.922. The molecule has 1 aliphatic rings. The van der Waals surface area contributed by atoms with Crippen LogP contribution in [0.15, 0.2) is 47.1 Å². The van der Waals surface area contributed by atoms with Crippen molar-refractivity contribution in [2.24, 2.45) is 0 Å². The van der Waals surface area contributed by atoms with E-state index in [1.165, 1.54) is 18.4 Å². The lowest BCUT2D eigenvalue weighted by Gasteiger charge is -2.36. The molecule has 1 N–H and O–H groups in total. The number of furan rings is 1. The van der Waals surface area contributed by atoms with E-state index in [4.69, 9.17) is 4.42 Å². The predicted molar refractivity (Wildman–Crippen MR) is 86.2 cm³/mol. The van der Waals surface area contributed by atoms with E-state index in [9.17, 15) is 14.0 Å². The predicted octanol–water partition coefficient (Wildman–Crippen LogP) is 1.50. The van der Waals surface area contributed by atoms with E-state index in [0.29, 0.717) is 26.2 Å². The Morgan fingerprint density at radius 1 is 1.08 bits per heavy atom. The summed E-state index contributed by atoms with van der Waals surface area (Å²) in [6.07, 6.45) is 1.41. The number of anilines is 1. The highest BCUT2D eigenvalue weighted by Gasteiger charge is 2.22. The molecular weight excluding hydrogens is 313 g/mol. The molecule has 0 unspecified atom stereocenters. The second-order valence-corrected chi connectivity index (χ2v) is 5.50. The molecule has 7 heteroatoms. The van der Waals surface area contributed by atoms with Crippen LogP contribution in [0.3, 0.4) is 0 Å². The second-order valence-electron chi connectivity index (χ2n) is 5.50. The lowest BCUT2D eigenvalue weighted by Crippen LogP contribution is -2.51. The largest absolute Gasteiger partial charge is 0.459 e. The Bertz CT molecular complexity index is 692. The van der Waals surface area contributed by atoms with Crippen molar-refractivity contribution in [3.8, 4) is 0 Å². The zero-order chi connectivity index (χ0) is 16.9. The molecular formula is C17H18FN3O3. The number of nitrogens with one attached hydrogen (secondary N) is 1. The molecule has 126 valence electrons. The molecule has 1 aromatic carbocycles. The summed E-state index contributed by atoms with van der Waals surface area (Å²) in [7, 11) is 0. The molecule has 0 atom stereocenters. The van der Waals surface area contributed by atoms with Crippen molar-refractivity contribution in [1.82, 2.24) is 10.2 Å². The van der Waals surface area contributed by atoms with E-state index in [1.54, 1.807) is 29.2 Å². The molecule has 6 nitrogen and oxygen atoms in total. The van der Waals surface area contributed by atoms with Crippen molar-refractivity contribution in [3.05, 3.63) is 54.2 Å². The zero-order valence-corrected chi connectivity index (χ0v) is 13.1. The number of rotatable bonds is 4. The van der Waals surface area contributed by atoms with Gasteiger partial charge in [-0.2, -0.15) is 0 Å². The van der Waals surface area contributed by atoms with E-state index in [-0.39, 0.29) is 24.0 Å². The molecule has 2 amide bonds. The number of nitrogens with zero attached hydrogens (tertiary/aromatic N) is 2. The van der Waals surface area contributed by atoms with Crippen molar-refractivity contribution in [3.63, 3.8) is 0 Å². The van der Waals surface area contributed by atoms with Crippen LogP contribution in [0, 0.1) is 5.82 Å². The van der Waals surface area contributed by atoms with Gasteiger partial charge in [0, 0.05) is 31.9 Å². The van der Waals surface area contributed by atoms with Gasteiger partial charge in [0.25, 0.3) is 5.91 Å². The molecule has 0 aliphatic carbocycles. The van der Waals surface area contributed by atoms with Gasteiger partial charge in [-0.3, -0.25) is 9.59 Å². The lowest BCUT2D eigenvalue weighted by molar-refractivity contribution is -0.130. The Labute approximate surface area is 138 Å². The maximum atomic E-state index is 13.0. The number of piperazine rings is 1. The normalized spacial score (nSPS) is 14.5. The number of benzene rings is 1. The number of carbonyl (C=O) groups is 2. The zero-order valence-electron chi connectivity index (χ0n) is 13.1. The molecule has 2 heterocycles. The molecule has 1 aliphatic heterocycles. The first kappa shape index (κ1) is 16.0. The van der Waals surface area contributed by atoms with Crippen LogP contribution in [0.2, 0.25) is 0 Å². The summed E-state index contributed by atoms with van der Waals surface area (Å²) in [6, 6.07) is 9.48. The van der Waals surface area contributed by atoms with E-state index in [2.05, 4.69) is 10.2 Å². The highest BCUT2D eigenvalue weighted by atomic mass is 19.1. The Hall–Kier alpha value is -2.83. The minimum absolute atomic E-state index is 0.0594. The third-order valence-electron chi connectivity index (χ3n) is 3.97. The summed E-state index contributed by atoms with van der Waals surface area (Å²) >= 11 is 0. The smallest absolute Gasteiger partial charge is 0.287 e. The van der Waals surface area contributed by atoms with Crippen LogP contribution >= 0.6 is 0 Å². The number of carbonyl (C=O) groups excluding carboxylic acids is 2. The van der Waals surface area contributed by atoms with Crippen LogP contribution in [0.1, 0.15) is 10.6 Å². The monoisotopic (exact) mass is 331 g/mol. The Kier molecular flexibility index (Phi) is 4.79. The average molecular weight is 331 g/mol. The van der Waals surface area contributed by atoms with Gasteiger partial charge in [0.2, 0.25) is 5.91 Å². The van der Waals surface area contributed by atoms with Crippen molar-refractivity contribution >= 4 is 17.5 Å². The van der Waals surface area contributed by atoms with E-state index in [1.807, 2.05) is 0 Å². The van der Waals surface area contributed by atoms with Gasteiger partial charge in [0.1, 0.15) is 5.82 Å². The van der Waals surface area contributed by atoms with Gasteiger partial charge in [-0.1, -0.05) is 0 Å². The van der Waals surface area contributed by atoms with Gasteiger partial charge in [-0.15, -0.1) is 0 Å². The molecule has 24 heavy (non-hydrogen) atoms. The molecule has 0 bridgehead atoms. The number of hydrogen-bond acceptors (Lipinski definition) is 4. The van der Waals surface area contributed by atoms with Crippen molar-refractivity contribution in [2.75, 3.05) is 37.6 Å². The van der Waals surface area contributed by atoms with Crippen molar-refractivity contribution in [1.29, 1.82) is 0 Å². The molecule has 1 saturated heterocycles. The van der Waals surface area contributed by atoms with Gasteiger partial charge >= 0.3 is 0 Å².